The number of hydrogen-bond acceptors (Lipinski definition) is 5. The van der Waals surface area contributed by atoms with Gasteiger partial charge in [-0.15, -0.1) is 10.2 Å². The molecule has 2 fully saturated rings. The number of nitrogens with zero attached hydrogens (tertiary/aromatic N) is 5. The predicted molar refractivity (Wildman–Crippen MR) is 109 cm³/mol. The summed E-state index contributed by atoms with van der Waals surface area (Å²) in [5.41, 5.74) is 4.11. The Morgan fingerprint density at radius 2 is 1.89 bits per heavy atom. The number of ketones is 1. The fraction of sp³-hybridized carbons (Fsp3) is 0.429. The van der Waals surface area contributed by atoms with Crippen molar-refractivity contribution in [3.63, 3.8) is 0 Å². The Kier molecular flexibility index (Phi) is 4.34. The van der Waals surface area contributed by atoms with Crippen LogP contribution in [0.25, 0.3) is 11.4 Å². The minimum Gasteiger partial charge on any atom is -0.345 e. The average Bonchev–Trinajstić information content (AvgIpc) is 3.64. The molecule has 3 aromatic heterocycles. The van der Waals surface area contributed by atoms with Crippen molar-refractivity contribution >= 4 is 17.5 Å². The summed E-state index contributed by atoms with van der Waals surface area (Å²) in [5, 5.41) is 9.62. The Morgan fingerprint density at radius 1 is 1.14 bits per heavy atom. The van der Waals surface area contributed by atoms with Gasteiger partial charge in [0.05, 0.1) is 5.75 Å². The van der Waals surface area contributed by atoms with E-state index in [0.717, 1.165) is 40.6 Å². The van der Waals surface area contributed by atoms with Gasteiger partial charge in [0.15, 0.2) is 16.8 Å². The molecule has 0 N–H and O–H groups in total. The van der Waals surface area contributed by atoms with Crippen LogP contribution in [0.1, 0.15) is 59.5 Å². The molecule has 7 heteroatoms. The first-order valence-corrected chi connectivity index (χ1v) is 10.8. The lowest BCUT2D eigenvalue weighted by Crippen LogP contribution is -2.07. The lowest BCUT2D eigenvalue weighted by molar-refractivity contribution is 0.102. The van der Waals surface area contributed by atoms with Crippen molar-refractivity contribution in [3.8, 4) is 11.4 Å². The molecule has 0 aromatic carbocycles. The number of carbonyl (C=O) groups is 1. The molecule has 3 heterocycles. The fourth-order valence-electron chi connectivity index (χ4n) is 3.89. The Morgan fingerprint density at radius 3 is 2.57 bits per heavy atom. The predicted octanol–water partition coefficient (Wildman–Crippen LogP) is 4.40. The van der Waals surface area contributed by atoms with Crippen LogP contribution >= 0.6 is 11.8 Å². The zero-order valence-electron chi connectivity index (χ0n) is 16.1. The Balaban J connectivity index is 1.37. The fourth-order valence-corrected chi connectivity index (χ4v) is 4.78. The van der Waals surface area contributed by atoms with Gasteiger partial charge < -0.3 is 4.57 Å². The van der Waals surface area contributed by atoms with Crippen LogP contribution in [0.5, 0.6) is 0 Å². The highest BCUT2D eigenvalue weighted by Crippen LogP contribution is 2.41. The van der Waals surface area contributed by atoms with E-state index in [0.29, 0.717) is 17.8 Å². The van der Waals surface area contributed by atoms with Gasteiger partial charge in [0.2, 0.25) is 0 Å². The van der Waals surface area contributed by atoms with Crippen LogP contribution in [-0.2, 0) is 0 Å². The first kappa shape index (κ1) is 17.7. The van der Waals surface area contributed by atoms with Crippen molar-refractivity contribution in [2.45, 2.75) is 56.8 Å². The normalized spacial score (nSPS) is 16.5. The molecule has 0 radical (unpaired) electrons. The van der Waals surface area contributed by atoms with E-state index >= 15 is 0 Å². The number of rotatable bonds is 7. The van der Waals surface area contributed by atoms with Crippen molar-refractivity contribution in [2.24, 2.45) is 0 Å². The Bertz CT molecular complexity index is 1030. The third kappa shape index (κ3) is 3.17. The second kappa shape index (κ2) is 6.88. The molecule has 28 heavy (non-hydrogen) atoms. The summed E-state index contributed by atoms with van der Waals surface area (Å²) in [6.45, 7) is 4.16. The number of carbonyl (C=O) groups excluding carboxylic acids is 1. The van der Waals surface area contributed by atoms with E-state index in [1.807, 2.05) is 24.4 Å². The lowest BCUT2D eigenvalue weighted by Gasteiger charge is -2.09. The summed E-state index contributed by atoms with van der Waals surface area (Å²) in [6, 6.07) is 6.98. The Labute approximate surface area is 168 Å². The minimum atomic E-state index is 0.165. The maximum absolute atomic E-state index is 12.9. The van der Waals surface area contributed by atoms with E-state index in [2.05, 4.69) is 38.2 Å². The van der Waals surface area contributed by atoms with Crippen LogP contribution in [0.3, 0.4) is 0 Å². The smallest absolute Gasteiger partial charge is 0.192 e. The van der Waals surface area contributed by atoms with E-state index in [-0.39, 0.29) is 5.78 Å². The molecule has 0 saturated heterocycles. The molecule has 144 valence electrons. The van der Waals surface area contributed by atoms with Gasteiger partial charge >= 0.3 is 0 Å². The summed E-state index contributed by atoms with van der Waals surface area (Å²) in [6.07, 6.45) is 8.29. The Hall–Kier alpha value is -2.41. The number of pyridine rings is 1. The molecule has 5 rings (SSSR count). The molecule has 0 unspecified atom stereocenters. The number of aryl methyl sites for hydroxylation is 1. The second-order valence-electron chi connectivity index (χ2n) is 7.75. The molecule has 0 bridgehead atoms. The second-order valence-corrected chi connectivity index (χ2v) is 8.69. The van der Waals surface area contributed by atoms with Gasteiger partial charge in [-0.1, -0.05) is 11.8 Å². The van der Waals surface area contributed by atoms with Crippen LogP contribution in [0.15, 0.2) is 35.7 Å². The number of thioether (sulfide) groups is 1. The molecule has 3 aromatic rings. The highest BCUT2D eigenvalue weighted by atomic mass is 32.2. The van der Waals surface area contributed by atoms with Gasteiger partial charge in [-0.3, -0.25) is 14.3 Å². The quantitative estimate of drug-likeness (QED) is 0.440. The zero-order valence-corrected chi connectivity index (χ0v) is 16.9. The monoisotopic (exact) mass is 393 g/mol. The van der Waals surface area contributed by atoms with E-state index in [4.69, 9.17) is 0 Å². The van der Waals surface area contributed by atoms with Gasteiger partial charge in [-0.2, -0.15) is 0 Å². The van der Waals surface area contributed by atoms with Crippen LogP contribution in [0, 0.1) is 13.8 Å². The third-order valence-electron chi connectivity index (χ3n) is 5.53. The highest BCUT2D eigenvalue weighted by molar-refractivity contribution is 7.99. The number of hydrogen-bond donors (Lipinski definition) is 0. The maximum atomic E-state index is 12.9. The van der Waals surface area contributed by atoms with Gasteiger partial charge in [0.1, 0.15) is 0 Å². The van der Waals surface area contributed by atoms with Crippen LogP contribution in [0.2, 0.25) is 0 Å². The molecule has 0 atom stereocenters. The maximum Gasteiger partial charge on any atom is 0.192 e. The van der Waals surface area contributed by atoms with E-state index < -0.39 is 0 Å². The minimum absolute atomic E-state index is 0.165. The summed E-state index contributed by atoms with van der Waals surface area (Å²) < 4.78 is 4.51. The molecule has 0 spiro atoms. The summed E-state index contributed by atoms with van der Waals surface area (Å²) in [4.78, 5) is 17.1. The van der Waals surface area contributed by atoms with Crippen LogP contribution in [0.4, 0.5) is 0 Å². The van der Waals surface area contributed by atoms with Crippen LogP contribution in [-0.4, -0.2) is 35.9 Å². The number of Topliss-reactive ketones (excluding diaryl/α,β-unsaturated/α-hetero) is 1. The van der Waals surface area contributed by atoms with Crippen molar-refractivity contribution in [1.29, 1.82) is 0 Å². The highest BCUT2D eigenvalue weighted by Gasteiger charge is 2.31. The molecule has 2 saturated carbocycles. The first-order valence-electron chi connectivity index (χ1n) is 9.83. The largest absolute Gasteiger partial charge is 0.345 e. The molecule has 0 aliphatic heterocycles. The lowest BCUT2D eigenvalue weighted by atomic mass is 10.2. The third-order valence-corrected chi connectivity index (χ3v) is 6.47. The van der Waals surface area contributed by atoms with Crippen molar-refractivity contribution in [3.05, 3.63) is 47.5 Å². The molecule has 6 nitrogen and oxygen atoms in total. The number of aromatic nitrogens is 5. The standard InChI is InChI=1S/C21H23N5OS/c1-13-10-18(14(2)25(13)16-5-6-16)19(27)12-28-21-24-23-20(26(21)17-7-8-17)15-4-3-9-22-11-15/h3-4,9-11,16-17H,5-8,12H2,1-2H3. The summed E-state index contributed by atoms with van der Waals surface area (Å²) >= 11 is 1.49. The van der Waals surface area contributed by atoms with Gasteiger partial charge in [0, 0.05) is 47.0 Å². The molecule has 0 amide bonds. The van der Waals surface area contributed by atoms with Crippen molar-refractivity contribution < 1.29 is 4.79 Å². The van der Waals surface area contributed by atoms with E-state index in [1.54, 1.807) is 6.20 Å². The average molecular weight is 394 g/mol. The molecule has 2 aliphatic carbocycles. The summed E-state index contributed by atoms with van der Waals surface area (Å²) in [7, 11) is 0. The molecular weight excluding hydrogens is 370 g/mol. The zero-order chi connectivity index (χ0) is 19.3. The van der Waals surface area contributed by atoms with E-state index in [1.165, 1.54) is 30.3 Å². The van der Waals surface area contributed by atoms with E-state index in [9.17, 15) is 4.79 Å². The SMILES string of the molecule is Cc1cc(C(=O)CSc2nnc(-c3cccnc3)n2C2CC2)c(C)n1C1CC1. The van der Waals surface area contributed by atoms with Gasteiger partial charge in [0.25, 0.3) is 0 Å². The topological polar surface area (TPSA) is 65.6 Å². The molecular formula is C21H23N5OS. The van der Waals surface area contributed by atoms with Gasteiger partial charge in [-0.25, -0.2) is 0 Å². The summed E-state index contributed by atoms with van der Waals surface area (Å²) in [5.74, 6) is 1.39. The van der Waals surface area contributed by atoms with Crippen molar-refractivity contribution in [1.82, 2.24) is 24.3 Å². The first-order chi connectivity index (χ1) is 13.6. The molecule has 2 aliphatic rings. The van der Waals surface area contributed by atoms with Crippen LogP contribution < -0.4 is 0 Å². The van der Waals surface area contributed by atoms with Gasteiger partial charge in [-0.05, 0) is 57.7 Å². The van der Waals surface area contributed by atoms with Crippen molar-refractivity contribution in [2.75, 3.05) is 5.75 Å².